The molecule has 0 aliphatic heterocycles. The molecule has 1 unspecified atom stereocenters. The van der Waals surface area contributed by atoms with E-state index in [1.165, 1.54) is 36.8 Å². The second-order valence-corrected chi connectivity index (χ2v) is 5.25. The van der Waals surface area contributed by atoms with Gasteiger partial charge in [-0.2, -0.15) is 0 Å². The second kappa shape index (κ2) is 5.20. The Hall–Kier alpha value is -0.530. The van der Waals surface area contributed by atoms with E-state index in [0.717, 1.165) is 10.9 Å². The van der Waals surface area contributed by atoms with Gasteiger partial charge in [-0.15, -0.1) is 0 Å². The molecular weight excluding hydrogens is 218 g/mol. The fourth-order valence-corrected chi connectivity index (χ4v) is 3.06. The van der Waals surface area contributed by atoms with Crippen LogP contribution >= 0.6 is 11.6 Å². The van der Waals surface area contributed by atoms with Gasteiger partial charge in [0.2, 0.25) is 0 Å². The van der Waals surface area contributed by atoms with Crippen molar-refractivity contribution < 1.29 is 0 Å². The summed E-state index contributed by atoms with van der Waals surface area (Å²) in [5.41, 5.74) is 2.72. The van der Waals surface area contributed by atoms with E-state index in [2.05, 4.69) is 31.4 Å². The molecule has 1 aromatic rings. The van der Waals surface area contributed by atoms with Gasteiger partial charge in [0.15, 0.2) is 0 Å². The van der Waals surface area contributed by atoms with E-state index in [9.17, 15) is 0 Å². The summed E-state index contributed by atoms with van der Waals surface area (Å²) in [7, 11) is 2.06. The Bertz CT molecular complexity index is 356. The van der Waals surface area contributed by atoms with Crippen molar-refractivity contribution in [2.75, 3.05) is 7.05 Å². The molecule has 0 bridgehead atoms. The van der Waals surface area contributed by atoms with Crippen LogP contribution in [0.5, 0.6) is 0 Å². The molecule has 1 aliphatic carbocycles. The minimum atomic E-state index is 0.473. The van der Waals surface area contributed by atoms with Crippen LogP contribution in [0.2, 0.25) is 5.02 Å². The van der Waals surface area contributed by atoms with Crippen molar-refractivity contribution in [2.24, 2.45) is 5.92 Å². The highest BCUT2D eigenvalue weighted by molar-refractivity contribution is 6.30. The molecule has 1 aliphatic rings. The predicted molar refractivity (Wildman–Crippen MR) is 69.9 cm³/mol. The fraction of sp³-hybridized carbons (Fsp3) is 0.571. The van der Waals surface area contributed by atoms with Gasteiger partial charge in [0.05, 0.1) is 0 Å². The van der Waals surface area contributed by atoms with Crippen LogP contribution in [0.3, 0.4) is 0 Å². The van der Waals surface area contributed by atoms with Crippen molar-refractivity contribution in [2.45, 2.75) is 38.6 Å². The third-order valence-electron chi connectivity index (χ3n) is 3.76. The third kappa shape index (κ3) is 2.41. The van der Waals surface area contributed by atoms with Crippen LogP contribution in [0.25, 0.3) is 0 Å². The topological polar surface area (TPSA) is 12.0 Å². The van der Waals surface area contributed by atoms with Crippen molar-refractivity contribution in [3.8, 4) is 0 Å². The van der Waals surface area contributed by atoms with E-state index >= 15 is 0 Å². The van der Waals surface area contributed by atoms with Crippen LogP contribution in [0.15, 0.2) is 18.2 Å². The van der Waals surface area contributed by atoms with E-state index in [-0.39, 0.29) is 0 Å². The minimum Gasteiger partial charge on any atom is -0.313 e. The summed E-state index contributed by atoms with van der Waals surface area (Å²) in [4.78, 5) is 0. The summed E-state index contributed by atoms with van der Waals surface area (Å²) in [5.74, 6) is 0.780. The van der Waals surface area contributed by atoms with Gasteiger partial charge in [-0.1, -0.05) is 30.5 Å². The molecule has 1 atom stereocenters. The monoisotopic (exact) mass is 237 g/mol. The molecule has 1 fully saturated rings. The Morgan fingerprint density at radius 1 is 1.31 bits per heavy atom. The highest BCUT2D eigenvalue weighted by Crippen LogP contribution is 2.37. The van der Waals surface area contributed by atoms with Gasteiger partial charge >= 0.3 is 0 Å². The number of nitrogens with one attached hydrogen (secondary N) is 1. The van der Waals surface area contributed by atoms with Gasteiger partial charge in [-0.3, -0.25) is 0 Å². The first-order valence-corrected chi connectivity index (χ1v) is 6.53. The van der Waals surface area contributed by atoms with Crippen molar-refractivity contribution in [3.63, 3.8) is 0 Å². The maximum atomic E-state index is 6.10. The number of rotatable bonds is 3. The van der Waals surface area contributed by atoms with Crippen LogP contribution in [-0.2, 0) is 0 Å². The number of hydrogen-bond acceptors (Lipinski definition) is 1. The van der Waals surface area contributed by atoms with Crippen molar-refractivity contribution in [1.82, 2.24) is 5.32 Å². The molecule has 88 valence electrons. The quantitative estimate of drug-likeness (QED) is 0.835. The average Bonchev–Trinajstić information content (AvgIpc) is 2.78. The molecular formula is C14H20ClN. The molecule has 2 rings (SSSR count). The molecule has 0 saturated heterocycles. The summed E-state index contributed by atoms with van der Waals surface area (Å²) in [6.07, 6.45) is 5.44. The van der Waals surface area contributed by atoms with E-state index in [1.54, 1.807) is 0 Å². The van der Waals surface area contributed by atoms with E-state index in [1.807, 2.05) is 6.07 Å². The lowest BCUT2D eigenvalue weighted by atomic mass is 9.89. The van der Waals surface area contributed by atoms with Crippen molar-refractivity contribution >= 4 is 11.6 Å². The van der Waals surface area contributed by atoms with Gasteiger partial charge in [0, 0.05) is 11.1 Å². The second-order valence-electron chi connectivity index (χ2n) is 4.81. The third-order valence-corrected chi connectivity index (χ3v) is 3.99. The molecule has 0 aromatic heterocycles. The van der Waals surface area contributed by atoms with Crippen molar-refractivity contribution in [1.29, 1.82) is 0 Å². The number of aryl methyl sites for hydroxylation is 1. The lowest BCUT2D eigenvalue weighted by molar-refractivity contribution is 0.389. The minimum absolute atomic E-state index is 0.473. The summed E-state index contributed by atoms with van der Waals surface area (Å²) < 4.78 is 0. The molecule has 1 nitrogen and oxygen atoms in total. The van der Waals surface area contributed by atoms with Crippen molar-refractivity contribution in [3.05, 3.63) is 34.3 Å². The molecule has 1 N–H and O–H groups in total. The number of benzene rings is 1. The molecule has 1 saturated carbocycles. The Labute approximate surface area is 103 Å². The molecule has 1 aromatic carbocycles. The largest absolute Gasteiger partial charge is 0.313 e. The van der Waals surface area contributed by atoms with Gasteiger partial charge in [0.1, 0.15) is 0 Å². The molecule has 0 heterocycles. The molecule has 0 radical (unpaired) electrons. The lowest BCUT2D eigenvalue weighted by Crippen LogP contribution is -2.24. The van der Waals surface area contributed by atoms with Crippen LogP contribution in [-0.4, -0.2) is 7.05 Å². The van der Waals surface area contributed by atoms with E-state index in [4.69, 9.17) is 11.6 Å². The first kappa shape index (κ1) is 11.9. The smallest absolute Gasteiger partial charge is 0.0409 e. The SMILES string of the molecule is CNC(c1cc(Cl)ccc1C)C1CCCC1. The van der Waals surface area contributed by atoms with E-state index in [0.29, 0.717) is 6.04 Å². The predicted octanol–water partition coefficient (Wildman–Crippen LogP) is 4.10. The summed E-state index contributed by atoms with van der Waals surface area (Å²) in [5, 5.41) is 4.32. The molecule has 0 amide bonds. The Morgan fingerprint density at radius 2 is 2.00 bits per heavy atom. The van der Waals surface area contributed by atoms with Crippen LogP contribution in [0, 0.1) is 12.8 Å². The zero-order valence-corrected chi connectivity index (χ0v) is 10.8. The van der Waals surface area contributed by atoms with Gasteiger partial charge in [0.25, 0.3) is 0 Å². The maximum absolute atomic E-state index is 6.10. The molecule has 0 spiro atoms. The highest BCUT2D eigenvalue weighted by atomic mass is 35.5. The average molecular weight is 238 g/mol. The maximum Gasteiger partial charge on any atom is 0.0409 e. The summed E-state index contributed by atoms with van der Waals surface area (Å²) in [6, 6.07) is 6.69. The van der Waals surface area contributed by atoms with Gasteiger partial charge in [-0.25, -0.2) is 0 Å². The zero-order valence-electron chi connectivity index (χ0n) is 10.1. The Balaban J connectivity index is 2.28. The highest BCUT2D eigenvalue weighted by Gasteiger charge is 2.26. The zero-order chi connectivity index (χ0) is 11.5. The van der Waals surface area contributed by atoms with Crippen LogP contribution in [0.1, 0.15) is 42.9 Å². The number of hydrogen-bond donors (Lipinski definition) is 1. The first-order chi connectivity index (χ1) is 7.72. The lowest BCUT2D eigenvalue weighted by Gasteiger charge is -2.25. The normalized spacial score (nSPS) is 18.9. The Kier molecular flexibility index (Phi) is 3.88. The van der Waals surface area contributed by atoms with Gasteiger partial charge < -0.3 is 5.32 Å². The summed E-state index contributed by atoms with van der Waals surface area (Å²) in [6.45, 7) is 2.17. The molecule has 16 heavy (non-hydrogen) atoms. The van der Waals surface area contributed by atoms with E-state index < -0.39 is 0 Å². The van der Waals surface area contributed by atoms with Crippen LogP contribution in [0.4, 0.5) is 0 Å². The van der Waals surface area contributed by atoms with Gasteiger partial charge in [-0.05, 0) is 56.0 Å². The molecule has 2 heteroatoms. The van der Waals surface area contributed by atoms with Crippen LogP contribution < -0.4 is 5.32 Å². The standard InChI is InChI=1S/C14H20ClN/c1-10-7-8-12(15)9-13(10)14(16-2)11-5-3-4-6-11/h7-9,11,14,16H,3-6H2,1-2H3. The Morgan fingerprint density at radius 3 is 2.62 bits per heavy atom. The summed E-state index contributed by atoms with van der Waals surface area (Å²) >= 11 is 6.10. The first-order valence-electron chi connectivity index (χ1n) is 6.15. The fourth-order valence-electron chi connectivity index (χ4n) is 2.88. The number of halogens is 1.